The Hall–Kier alpha value is -1.06. The van der Waals surface area contributed by atoms with Gasteiger partial charge in [-0.1, -0.05) is 13.0 Å². The van der Waals surface area contributed by atoms with Crippen LogP contribution in [0.4, 0.5) is 5.69 Å². The van der Waals surface area contributed by atoms with Crippen LogP contribution in [0.1, 0.15) is 30.9 Å². The maximum absolute atomic E-state index is 9.00. The number of aliphatic hydroxyl groups excluding tert-OH is 1. The molecule has 3 heteroatoms. The molecule has 1 heterocycles. The minimum atomic E-state index is 0.277. The summed E-state index contributed by atoms with van der Waals surface area (Å²) in [6.45, 7) is 3.40. The van der Waals surface area contributed by atoms with Crippen LogP contribution in [0.15, 0.2) is 18.2 Å². The molecule has 0 fully saturated rings. The van der Waals surface area contributed by atoms with Gasteiger partial charge in [-0.3, -0.25) is 0 Å². The Bertz CT molecular complexity index is 378. The van der Waals surface area contributed by atoms with Crippen LogP contribution in [0.25, 0.3) is 0 Å². The molecule has 3 nitrogen and oxygen atoms in total. The van der Waals surface area contributed by atoms with Crippen molar-refractivity contribution in [2.75, 3.05) is 12.3 Å². The highest BCUT2D eigenvalue weighted by Crippen LogP contribution is 2.22. The van der Waals surface area contributed by atoms with Gasteiger partial charge in [0.05, 0.1) is 0 Å². The molecule has 94 valence electrons. The maximum atomic E-state index is 9.00. The lowest BCUT2D eigenvalue weighted by Gasteiger charge is -2.22. The van der Waals surface area contributed by atoms with E-state index in [2.05, 4.69) is 24.4 Å². The molecule has 0 bridgehead atoms. The van der Waals surface area contributed by atoms with E-state index in [1.807, 2.05) is 6.07 Å². The SMILES string of the molecule is CC(CCO)C1CCc2cc(N)ccc2CN1. The summed E-state index contributed by atoms with van der Waals surface area (Å²) < 4.78 is 0. The summed E-state index contributed by atoms with van der Waals surface area (Å²) in [4.78, 5) is 0. The number of nitrogens with two attached hydrogens (primary N) is 1. The van der Waals surface area contributed by atoms with Crippen molar-refractivity contribution in [2.24, 2.45) is 5.92 Å². The number of aryl methyl sites for hydroxylation is 1. The van der Waals surface area contributed by atoms with E-state index in [4.69, 9.17) is 10.8 Å². The molecule has 1 aromatic carbocycles. The lowest BCUT2D eigenvalue weighted by Crippen LogP contribution is -2.34. The standard InChI is InChI=1S/C14H22N2O/c1-10(6-7-17)14-5-3-11-8-13(15)4-2-12(11)9-16-14/h2,4,8,10,14,16-17H,3,5-7,9,15H2,1H3. The maximum Gasteiger partial charge on any atom is 0.0434 e. The topological polar surface area (TPSA) is 58.3 Å². The second kappa shape index (κ2) is 5.52. The lowest BCUT2D eigenvalue weighted by molar-refractivity contribution is 0.235. The molecule has 0 saturated heterocycles. The van der Waals surface area contributed by atoms with Crippen molar-refractivity contribution in [3.05, 3.63) is 29.3 Å². The van der Waals surface area contributed by atoms with E-state index < -0.39 is 0 Å². The molecule has 0 spiro atoms. The zero-order valence-corrected chi connectivity index (χ0v) is 10.4. The quantitative estimate of drug-likeness (QED) is 0.698. The smallest absolute Gasteiger partial charge is 0.0434 e. The van der Waals surface area contributed by atoms with E-state index in [1.54, 1.807) is 0 Å². The molecule has 1 aliphatic heterocycles. The average Bonchev–Trinajstić information content (AvgIpc) is 2.51. The summed E-state index contributed by atoms with van der Waals surface area (Å²) >= 11 is 0. The first-order chi connectivity index (χ1) is 8.20. The number of hydrogen-bond donors (Lipinski definition) is 3. The van der Waals surface area contributed by atoms with Crippen LogP contribution in [-0.2, 0) is 13.0 Å². The van der Waals surface area contributed by atoms with Gasteiger partial charge in [-0.25, -0.2) is 0 Å². The summed E-state index contributed by atoms with van der Waals surface area (Å²) in [6, 6.07) is 6.68. The molecule has 0 aliphatic carbocycles. The third kappa shape index (κ3) is 2.99. The zero-order chi connectivity index (χ0) is 12.3. The first-order valence-electron chi connectivity index (χ1n) is 6.42. The van der Waals surface area contributed by atoms with Crippen molar-refractivity contribution in [2.45, 2.75) is 38.8 Å². The molecular formula is C14H22N2O. The lowest BCUT2D eigenvalue weighted by atomic mass is 9.94. The van der Waals surface area contributed by atoms with E-state index in [0.717, 1.165) is 31.5 Å². The van der Waals surface area contributed by atoms with Gasteiger partial charge in [0.2, 0.25) is 0 Å². The first-order valence-corrected chi connectivity index (χ1v) is 6.42. The number of rotatable bonds is 3. The van der Waals surface area contributed by atoms with Crippen molar-refractivity contribution in [3.8, 4) is 0 Å². The Balaban J connectivity index is 2.06. The van der Waals surface area contributed by atoms with E-state index in [1.165, 1.54) is 11.1 Å². The van der Waals surface area contributed by atoms with Gasteiger partial charge >= 0.3 is 0 Å². The van der Waals surface area contributed by atoms with Gasteiger partial charge < -0.3 is 16.2 Å². The average molecular weight is 234 g/mol. The van der Waals surface area contributed by atoms with Crippen LogP contribution in [0.5, 0.6) is 0 Å². The minimum absolute atomic E-state index is 0.277. The number of fused-ring (bicyclic) bond motifs is 1. The number of aliphatic hydroxyl groups is 1. The van der Waals surface area contributed by atoms with Gasteiger partial charge in [0.15, 0.2) is 0 Å². The predicted molar refractivity (Wildman–Crippen MR) is 70.7 cm³/mol. The Morgan fingerprint density at radius 1 is 1.47 bits per heavy atom. The molecule has 0 aromatic heterocycles. The predicted octanol–water partition coefficient (Wildman–Crippen LogP) is 1.69. The summed E-state index contributed by atoms with van der Waals surface area (Å²) in [6.07, 6.45) is 3.07. The van der Waals surface area contributed by atoms with Gasteiger partial charge in [-0.05, 0) is 48.4 Å². The highest BCUT2D eigenvalue weighted by atomic mass is 16.3. The normalized spacial score (nSPS) is 21.6. The van der Waals surface area contributed by atoms with Crippen molar-refractivity contribution in [1.29, 1.82) is 0 Å². The third-order valence-electron chi connectivity index (χ3n) is 3.78. The molecular weight excluding hydrogens is 212 g/mol. The molecule has 17 heavy (non-hydrogen) atoms. The number of nitrogens with one attached hydrogen (secondary N) is 1. The molecule has 2 unspecified atom stereocenters. The fourth-order valence-electron chi connectivity index (χ4n) is 2.60. The molecule has 0 amide bonds. The minimum Gasteiger partial charge on any atom is -0.399 e. The fourth-order valence-corrected chi connectivity index (χ4v) is 2.60. The fraction of sp³-hybridized carbons (Fsp3) is 0.571. The van der Waals surface area contributed by atoms with Gasteiger partial charge in [-0.2, -0.15) is 0 Å². The Morgan fingerprint density at radius 3 is 3.06 bits per heavy atom. The molecule has 0 saturated carbocycles. The molecule has 4 N–H and O–H groups in total. The number of anilines is 1. The monoisotopic (exact) mass is 234 g/mol. The molecule has 1 aromatic rings. The van der Waals surface area contributed by atoms with E-state index in [-0.39, 0.29) is 6.61 Å². The number of nitrogen functional groups attached to an aromatic ring is 1. The largest absolute Gasteiger partial charge is 0.399 e. The first kappa shape index (κ1) is 12.4. The van der Waals surface area contributed by atoms with Gasteiger partial charge in [0.1, 0.15) is 0 Å². The van der Waals surface area contributed by atoms with Crippen LogP contribution in [0.2, 0.25) is 0 Å². The highest BCUT2D eigenvalue weighted by Gasteiger charge is 2.20. The van der Waals surface area contributed by atoms with Gasteiger partial charge in [-0.15, -0.1) is 0 Å². The van der Waals surface area contributed by atoms with Crippen LogP contribution < -0.4 is 11.1 Å². The summed E-state index contributed by atoms with van der Waals surface area (Å²) in [7, 11) is 0. The number of hydrogen-bond acceptors (Lipinski definition) is 3. The van der Waals surface area contributed by atoms with E-state index >= 15 is 0 Å². The molecule has 2 atom stereocenters. The van der Waals surface area contributed by atoms with Crippen molar-refractivity contribution >= 4 is 5.69 Å². The van der Waals surface area contributed by atoms with Gasteiger partial charge in [0, 0.05) is 24.9 Å². The number of benzene rings is 1. The molecule has 2 rings (SSSR count). The van der Waals surface area contributed by atoms with Crippen molar-refractivity contribution < 1.29 is 5.11 Å². The summed E-state index contributed by atoms with van der Waals surface area (Å²) in [5.74, 6) is 0.520. The summed E-state index contributed by atoms with van der Waals surface area (Å²) in [5.41, 5.74) is 9.40. The van der Waals surface area contributed by atoms with Crippen LogP contribution in [0, 0.1) is 5.92 Å². The molecule has 1 aliphatic rings. The Labute approximate surface area is 103 Å². The van der Waals surface area contributed by atoms with Gasteiger partial charge in [0.25, 0.3) is 0 Å². The van der Waals surface area contributed by atoms with E-state index in [0.29, 0.717) is 12.0 Å². The Morgan fingerprint density at radius 2 is 2.29 bits per heavy atom. The van der Waals surface area contributed by atoms with E-state index in [9.17, 15) is 0 Å². The molecule has 0 radical (unpaired) electrons. The van der Waals surface area contributed by atoms with Crippen LogP contribution in [0.3, 0.4) is 0 Å². The van der Waals surface area contributed by atoms with Crippen LogP contribution >= 0.6 is 0 Å². The zero-order valence-electron chi connectivity index (χ0n) is 10.4. The highest BCUT2D eigenvalue weighted by molar-refractivity contribution is 5.45. The third-order valence-corrected chi connectivity index (χ3v) is 3.78. The van der Waals surface area contributed by atoms with Crippen molar-refractivity contribution in [1.82, 2.24) is 5.32 Å². The summed E-state index contributed by atoms with van der Waals surface area (Å²) in [5, 5.41) is 12.6. The second-order valence-corrected chi connectivity index (χ2v) is 5.04. The van der Waals surface area contributed by atoms with Crippen LogP contribution in [-0.4, -0.2) is 17.8 Å². The Kier molecular flexibility index (Phi) is 4.02. The second-order valence-electron chi connectivity index (χ2n) is 5.04. The van der Waals surface area contributed by atoms with Crippen molar-refractivity contribution in [3.63, 3.8) is 0 Å².